The quantitative estimate of drug-likeness (QED) is 0.472. The van der Waals surface area contributed by atoms with Gasteiger partial charge in [0.2, 0.25) is 0 Å². The molecule has 0 aromatic carbocycles. The first kappa shape index (κ1) is 16.6. The van der Waals surface area contributed by atoms with Crippen molar-refractivity contribution in [1.29, 1.82) is 0 Å². The molecule has 0 amide bonds. The lowest BCUT2D eigenvalue weighted by molar-refractivity contribution is 0.00529. The fraction of sp³-hybridized carbons (Fsp3) is 0.727. The van der Waals surface area contributed by atoms with Gasteiger partial charge in [-0.05, 0) is 13.3 Å². The van der Waals surface area contributed by atoms with Crippen molar-refractivity contribution >= 4 is 41.3 Å². The summed E-state index contributed by atoms with van der Waals surface area (Å²) < 4.78 is 5.47. The van der Waals surface area contributed by atoms with Gasteiger partial charge in [-0.2, -0.15) is 0 Å². The van der Waals surface area contributed by atoms with E-state index in [-0.39, 0.29) is 30.1 Å². The van der Waals surface area contributed by atoms with Crippen molar-refractivity contribution in [2.75, 3.05) is 19.7 Å². The molecule has 108 valence electrons. The van der Waals surface area contributed by atoms with Gasteiger partial charge < -0.3 is 15.4 Å². The minimum atomic E-state index is 0. The number of nitrogens with two attached hydrogens (primary N) is 1. The van der Waals surface area contributed by atoms with Crippen LogP contribution in [0, 0.1) is 0 Å². The Kier molecular flexibility index (Phi) is 6.94. The highest BCUT2D eigenvalue weighted by molar-refractivity contribution is 14.0. The molecule has 8 heteroatoms. The van der Waals surface area contributed by atoms with E-state index in [0.29, 0.717) is 19.1 Å². The number of aromatic nitrogens is 2. The lowest BCUT2D eigenvalue weighted by Gasteiger charge is -2.31. The second kappa shape index (κ2) is 7.95. The predicted octanol–water partition coefficient (Wildman–Crippen LogP) is 1.25. The maximum atomic E-state index is 5.97. The minimum Gasteiger partial charge on any atom is -0.375 e. The number of halogens is 1. The average molecular weight is 397 g/mol. The molecule has 1 saturated heterocycles. The third kappa shape index (κ3) is 4.84. The van der Waals surface area contributed by atoms with Gasteiger partial charge in [-0.15, -0.1) is 34.2 Å². The molecule has 0 aliphatic carbocycles. The van der Waals surface area contributed by atoms with Crippen LogP contribution < -0.4 is 5.73 Å². The fourth-order valence-corrected chi connectivity index (χ4v) is 2.48. The molecule has 1 aliphatic heterocycles. The molecule has 2 N–H and O–H groups in total. The van der Waals surface area contributed by atoms with Crippen LogP contribution in [-0.4, -0.2) is 46.9 Å². The second-order valence-corrected chi connectivity index (χ2v) is 5.39. The lowest BCUT2D eigenvalue weighted by Crippen LogP contribution is -2.47. The van der Waals surface area contributed by atoms with E-state index >= 15 is 0 Å². The van der Waals surface area contributed by atoms with Crippen LogP contribution in [0.15, 0.2) is 4.99 Å². The molecular weight excluding hydrogens is 377 g/mol. The maximum Gasteiger partial charge on any atom is 0.191 e. The van der Waals surface area contributed by atoms with Crippen LogP contribution >= 0.6 is 35.3 Å². The summed E-state index contributed by atoms with van der Waals surface area (Å²) >= 11 is 1.59. The average Bonchev–Trinajstić information content (AvgIpc) is 2.84. The molecule has 2 rings (SSSR count). The second-order valence-electron chi connectivity index (χ2n) is 4.24. The van der Waals surface area contributed by atoms with Gasteiger partial charge >= 0.3 is 0 Å². The van der Waals surface area contributed by atoms with Crippen LogP contribution in [0.1, 0.15) is 23.9 Å². The van der Waals surface area contributed by atoms with Crippen LogP contribution in [0.4, 0.5) is 0 Å². The number of rotatable bonds is 3. The molecule has 0 spiro atoms. The van der Waals surface area contributed by atoms with Crippen LogP contribution in [0.3, 0.4) is 0 Å². The monoisotopic (exact) mass is 397 g/mol. The predicted molar refractivity (Wildman–Crippen MR) is 87.0 cm³/mol. The number of aliphatic imine (C=N–C) groups is 1. The zero-order valence-corrected chi connectivity index (χ0v) is 14.4. The van der Waals surface area contributed by atoms with Crippen molar-refractivity contribution in [3.8, 4) is 0 Å². The summed E-state index contributed by atoms with van der Waals surface area (Å²) in [6, 6.07) is 0. The van der Waals surface area contributed by atoms with Crippen LogP contribution in [0.2, 0.25) is 0 Å². The standard InChI is InChI=1S/C11H19N5OS.HI/c1-3-9-14-15-10(18-9)6-13-11(12)16-4-5-17-8(2)7-16;/h8H,3-7H2,1-2H3,(H2,12,13);1H. The maximum absolute atomic E-state index is 5.97. The van der Waals surface area contributed by atoms with Crippen LogP contribution in [0.5, 0.6) is 0 Å². The van der Waals surface area contributed by atoms with Gasteiger partial charge in [0.05, 0.1) is 19.3 Å². The van der Waals surface area contributed by atoms with Crippen molar-refractivity contribution in [2.24, 2.45) is 10.7 Å². The Balaban J connectivity index is 0.00000180. The van der Waals surface area contributed by atoms with E-state index in [0.717, 1.165) is 29.5 Å². The Hall–Kier alpha value is -0.480. The van der Waals surface area contributed by atoms with E-state index in [1.807, 2.05) is 6.92 Å². The summed E-state index contributed by atoms with van der Waals surface area (Å²) in [5.74, 6) is 0.568. The number of aryl methyl sites for hydroxylation is 1. The molecular formula is C11H20IN5OS. The molecule has 19 heavy (non-hydrogen) atoms. The summed E-state index contributed by atoms with van der Waals surface area (Å²) in [5, 5.41) is 10.1. The van der Waals surface area contributed by atoms with E-state index in [9.17, 15) is 0 Å². The Labute approximate surface area is 134 Å². The van der Waals surface area contributed by atoms with Gasteiger partial charge in [-0.3, -0.25) is 0 Å². The van der Waals surface area contributed by atoms with E-state index < -0.39 is 0 Å². The number of morpholine rings is 1. The van der Waals surface area contributed by atoms with Crippen molar-refractivity contribution in [3.63, 3.8) is 0 Å². The van der Waals surface area contributed by atoms with Gasteiger partial charge in [-0.1, -0.05) is 18.3 Å². The van der Waals surface area contributed by atoms with Gasteiger partial charge in [0.25, 0.3) is 0 Å². The highest BCUT2D eigenvalue weighted by Crippen LogP contribution is 2.11. The van der Waals surface area contributed by atoms with Gasteiger partial charge in [0, 0.05) is 13.1 Å². The van der Waals surface area contributed by atoms with Crippen molar-refractivity contribution in [3.05, 3.63) is 10.0 Å². The van der Waals surface area contributed by atoms with Crippen molar-refractivity contribution in [2.45, 2.75) is 32.9 Å². The molecule has 0 bridgehead atoms. The molecule has 1 unspecified atom stereocenters. The fourth-order valence-electron chi connectivity index (χ4n) is 1.77. The molecule has 1 fully saturated rings. The van der Waals surface area contributed by atoms with E-state index in [4.69, 9.17) is 10.5 Å². The molecule has 0 saturated carbocycles. The summed E-state index contributed by atoms with van der Waals surface area (Å²) in [4.78, 5) is 6.42. The summed E-state index contributed by atoms with van der Waals surface area (Å²) in [6.07, 6.45) is 1.12. The minimum absolute atomic E-state index is 0. The normalized spacial score (nSPS) is 20.2. The third-order valence-corrected chi connectivity index (χ3v) is 3.80. The topological polar surface area (TPSA) is 76.6 Å². The largest absolute Gasteiger partial charge is 0.375 e. The van der Waals surface area contributed by atoms with E-state index in [1.54, 1.807) is 11.3 Å². The zero-order chi connectivity index (χ0) is 13.0. The number of hydrogen-bond donors (Lipinski definition) is 1. The smallest absolute Gasteiger partial charge is 0.191 e. The Morgan fingerprint density at radius 2 is 2.26 bits per heavy atom. The van der Waals surface area contributed by atoms with Gasteiger partial charge in [-0.25, -0.2) is 4.99 Å². The zero-order valence-electron chi connectivity index (χ0n) is 11.2. The molecule has 1 atom stereocenters. The number of guanidine groups is 1. The molecule has 2 heterocycles. The SMILES string of the molecule is CCc1nnc(CN=C(N)N2CCOC(C)C2)s1.I. The van der Waals surface area contributed by atoms with E-state index in [2.05, 4.69) is 27.0 Å². The van der Waals surface area contributed by atoms with E-state index in [1.165, 1.54) is 0 Å². The number of ether oxygens (including phenoxy) is 1. The summed E-state index contributed by atoms with van der Waals surface area (Å²) in [6.45, 7) is 6.92. The highest BCUT2D eigenvalue weighted by Gasteiger charge is 2.17. The van der Waals surface area contributed by atoms with Gasteiger partial charge in [0.1, 0.15) is 10.0 Å². The summed E-state index contributed by atoms with van der Waals surface area (Å²) in [5.41, 5.74) is 5.97. The Bertz CT molecular complexity index is 425. The van der Waals surface area contributed by atoms with Crippen molar-refractivity contribution in [1.82, 2.24) is 15.1 Å². The molecule has 1 aromatic rings. The van der Waals surface area contributed by atoms with Gasteiger partial charge in [0.15, 0.2) is 5.96 Å². The highest BCUT2D eigenvalue weighted by atomic mass is 127. The third-order valence-electron chi connectivity index (χ3n) is 2.75. The molecule has 6 nitrogen and oxygen atoms in total. The molecule has 0 radical (unpaired) electrons. The Morgan fingerprint density at radius 1 is 1.53 bits per heavy atom. The number of hydrogen-bond acceptors (Lipinski definition) is 5. The first-order chi connectivity index (χ1) is 8.69. The first-order valence-electron chi connectivity index (χ1n) is 6.16. The first-order valence-corrected chi connectivity index (χ1v) is 6.98. The van der Waals surface area contributed by atoms with Crippen molar-refractivity contribution < 1.29 is 4.74 Å². The van der Waals surface area contributed by atoms with Crippen LogP contribution in [-0.2, 0) is 17.7 Å². The molecule has 1 aromatic heterocycles. The lowest BCUT2D eigenvalue weighted by atomic mass is 10.3. The van der Waals surface area contributed by atoms with Crippen LogP contribution in [0.25, 0.3) is 0 Å². The Morgan fingerprint density at radius 3 is 2.89 bits per heavy atom. The molecule has 1 aliphatic rings. The number of nitrogens with zero attached hydrogens (tertiary/aromatic N) is 4. The summed E-state index contributed by atoms with van der Waals surface area (Å²) in [7, 11) is 0.